The summed E-state index contributed by atoms with van der Waals surface area (Å²) < 4.78 is 0. The second-order valence-corrected chi connectivity index (χ2v) is 6.65. The minimum atomic E-state index is -0.893. The third-order valence-corrected chi connectivity index (χ3v) is 4.20. The lowest BCUT2D eigenvalue weighted by Gasteiger charge is -2.18. The maximum absolute atomic E-state index is 12.4. The molecule has 1 aliphatic rings. The molecule has 1 fully saturated rings. The van der Waals surface area contributed by atoms with Crippen LogP contribution in [0.1, 0.15) is 18.4 Å². The van der Waals surface area contributed by atoms with Gasteiger partial charge in [-0.25, -0.2) is 0 Å². The van der Waals surface area contributed by atoms with Gasteiger partial charge < -0.3 is 20.2 Å². The zero-order valence-electron chi connectivity index (χ0n) is 14.7. The Morgan fingerprint density at radius 1 is 1.28 bits per heavy atom. The number of carboxylic acid groups (broad SMARTS) is 1. The summed E-state index contributed by atoms with van der Waals surface area (Å²) in [5.74, 6) is -1.38. The first kappa shape index (κ1) is 18.9. The van der Waals surface area contributed by atoms with E-state index in [1.54, 1.807) is 29.2 Å². The predicted octanol–water partition coefficient (Wildman–Crippen LogP) is 1.05. The van der Waals surface area contributed by atoms with Crippen LogP contribution in [0.25, 0.3) is 0 Å². The van der Waals surface area contributed by atoms with Crippen LogP contribution < -0.4 is 5.32 Å². The number of amides is 2. The molecule has 0 spiro atoms. The van der Waals surface area contributed by atoms with Gasteiger partial charge in [-0.2, -0.15) is 0 Å². The molecular formula is C18H25N3O4. The first-order valence-corrected chi connectivity index (χ1v) is 8.39. The van der Waals surface area contributed by atoms with E-state index in [1.807, 2.05) is 14.1 Å². The van der Waals surface area contributed by atoms with Crippen molar-refractivity contribution in [3.63, 3.8) is 0 Å². The molecule has 136 valence electrons. The van der Waals surface area contributed by atoms with Gasteiger partial charge in [-0.3, -0.25) is 14.4 Å². The van der Waals surface area contributed by atoms with Crippen molar-refractivity contribution in [1.82, 2.24) is 9.80 Å². The number of likely N-dealkylation sites (tertiary alicyclic amines) is 1. The van der Waals surface area contributed by atoms with Gasteiger partial charge in [-0.1, -0.05) is 12.1 Å². The number of carbonyl (C=O) groups excluding carboxylic acids is 2. The first-order chi connectivity index (χ1) is 11.8. The number of nitrogens with one attached hydrogen (secondary N) is 1. The maximum Gasteiger partial charge on any atom is 0.307 e. The van der Waals surface area contributed by atoms with Crippen LogP contribution in [-0.4, -0.2) is 66.4 Å². The van der Waals surface area contributed by atoms with Crippen LogP contribution in [0.4, 0.5) is 5.69 Å². The summed E-state index contributed by atoms with van der Waals surface area (Å²) in [4.78, 5) is 38.9. The largest absolute Gasteiger partial charge is 0.481 e. The summed E-state index contributed by atoms with van der Waals surface area (Å²) in [7, 11) is 3.98. The van der Waals surface area contributed by atoms with Crippen molar-refractivity contribution in [3.8, 4) is 0 Å². The monoisotopic (exact) mass is 347 g/mol. The third-order valence-electron chi connectivity index (χ3n) is 4.20. The Bertz CT molecular complexity index is 628. The van der Waals surface area contributed by atoms with Gasteiger partial charge in [0.25, 0.3) is 0 Å². The highest BCUT2D eigenvalue weighted by Crippen LogP contribution is 2.20. The summed E-state index contributed by atoms with van der Waals surface area (Å²) in [6, 6.07) is 6.72. The van der Waals surface area contributed by atoms with E-state index in [0.29, 0.717) is 24.3 Å². The topological polar surface area (TPSA) is 89.9 Å². The summed E-state index contributed by atoms with van der Waals surface area (Å²) in [5, 5.41) is 11.6. The van der Waals surface area contributed by atoms with Gasteiger partial charge >= 0.3 is 5.97 Å². The average molecular weight is 347 g/mol. The van der Waals surface area contributed by atoms with E-state index in [9.17, 15) is 14.4 Å². The van der Waals surface area contributed by atoms with E-state index in [-0.39, 0.29) is 30.6 Å². The molecule has 0 saturated carbocycles. The van der Waals surface area contributed by atoms with Gasteiger partial charge in [-0.05, 0) is 44.8 Å². The number of carboxylic acids is 1. The Morgan fingerprint density at radius 2 is 1.96 bits per heavy atom. The molecule has 25 heavy (non-hydrogen) atoms. The molecule has 2 rings (SSSR count). The number of hydrogen-bond acceptors (Lipinski definition) is 4. The van der Waals surface area contributed by atoms with Crippen molar-refractivity contribution in [2.24, 2.45) is 5.92 Å². The van der Waals surface area contributed by atoms with Crippen LogP contribution in [0.5, 0.6) is 0 Å². The van der Waals surface area contributed by atoms with Gasteiger partial charge in [0.15, 0.2) is 0 Å². The fourth-order valence-electron chi connectivity index (χ4n) is 2.87. The van der Waals surface area contributed by atoms with Crippen molar-refractivity contribution >= 4 is 23.5 Å². The number of hydrogen-bond donors (Lipinski definition) is 2. The molecule has 1 aliphatic heterocycles. The fourth-order valence-corrected chi connectivity index (χ4v) is 2.87. The molecule has 0 aliphatic carbocycles. The predicted molar refractivity (Wildman–Crippen MR) is 94.3 cm³/mol. The molecule has 2 amide bonds. The van der Waals surface area contributed by atoms with Gasteiger partial charge in [0, 0.05) is 25.2 Å². The molecule has 1 unspecified atom stereocenters. The minimum absolute atomic E-state index is 0.0238. The Kier molecular flexibility index (Phi) is 6.52. The second-order valence-electron chi connectivity index (χ2n) is 6.65. The summed E-state index contributed by atoms with van der Waals surface area (Å²) in [6.45, 7) is 2.03. The molecule has 1 aromatic rings. The maximum atomic E-state index is 12.4. The lowest BCUT2D eigenvalue weighted by atomic mass is 10.1. The van der Waals surface area contributed by atoms with Crippen LogP contribution in [0, 0.1) is 5.92 Å². The zero-order chi connectivity index (χ0) is 18.4. The number of anilines is 1. The highest BCUT2D eigenvalue weighted by atomic mass is 16.4. The number of carbonyl (C=O) groups is 3. The van der Waals surface area contributed by atoms with E-state index < -0.39 is 5.97 Å². The molecule has 1 saturated heterocycles. The molecule has 0 radical (unpaired) electrons. The van der Waals surface area contributed by atoms with Crippen molar-refractivity contribution < 1.29 is 19.5 Å². The van der Waals surface area contributed by atoms with E-state index in [2.05, 4.69) is 10.2 Å². The van der Waals surface area contributed by atoms with Crippen molar-refractivity contribution in [3.05, 3.63) is 29.8 Å². The van der Waals surface area contributed by atoms with Crippen LogP contribution in [-0.2, 0) is 20.8 Å². The van der Waals surface area contributed by atoms with E-state index >= 15 is 0 Å². The number of aliphatic carboxylic acids is 1. The minimum Gasteiger partial charge on any atom is -0.481 e. The number of nitrogens with zero attached hydrogens (tertiary/aromatic N) is 2. The molecule has 7 nitrogen and oxygen atoms in total. The zero-order valence-corrected chi connectivity index (χ0v) is 14.7. The Balaban J connectivity index is 1.84. The lowest BCUT2D eigenvalue weighted by molar-refractivity contribution is -0.136. The average Bonchev–Trinajstić information content (AvgIpc) is 2.90. The quantitative estimate of drug-likeness (QED) is 0.734. The van der Waals surface area contributed by atoms with E-state index in [1.165, 1.54) is 0 Å². The van der Waals surface area contributed by atoms with Crippen LogP contribution in [0.3, 0.4) is 0 Å². The molecule has 2 N–H and O–H groups in total. The normalized spacial score (nSPS) is 17.2. The molecule has 1 atom stereocenters. The van der Waals surface area contributed by atoms with Crippen LogP contribution in [0.2, 0.25) is 0 Å². The van der Waals surface area contributed by atoms with Gasteiger partial charge in [0.2, 0.25) is 11.8 Å². The summed E-state index contributed by atoms with van der Waals surface area (Å²) >= 11 is 0. The Morgan fingerprint density at radius 3 is 2.56 bits per heavy atom. The first-order valence-electron chi connectivity index (χ1n) is 8.39. The Hall–Kier alpha value is -2.41. The van der Waals surface area contributed by atoms with Gasteiger partial charge in [0.05, 0.1) is 12.3 Å². The molecular weight excluding hydrogens is 322 g/mol. The van der Waals surface area contributed by atoms with Crippen molar-refractivity contribution in [2.45, 2.75) is 19.3 Å². The highest BCUT2D eigenvalue weighted by molar-refractivity contribution is 5.97. The molecule has 1 heterocycles. The Labute approximate surface area is 147 Å². The van der Waals surface area contributed by atoms with Crippen LogP contribution >= 0.6 is 0 Å². The number of rotatable bonds is 8. The highest BCUT2D eigenvalue weighted by Gasteiger charge is 2.33. The van der Waals surface area contributed by atoms with Crippen LogP contribution in [0.15, 0.2) is 24.3 Å². The molecule has 0 aromatic heterocycles. The van der Waals surface area contributed by atoms with E-state index in [0.717, 1.165) is 13.0 Å². The smallest absolute Gasteiger partial charge is 0.307 e. The lowest BCUT2D eigenvalue weighted by Crippen LogP contribution is -2.30. The third kappa shape index (κ3) is 5.86. The van der Waals surface area contributed by atoms with Crippen molar-refractivity contribution in [2.75, 3.05) is 39.0 Å². The fraction of sp³-hybridized carbons (Fsp3) is 0.500. The van der Waals surface area contributed by atoms with Gasteiger partial charge in [0.1, 0.15) is 0 Å². The molecule has 1 aromatic carbocycles. The summed E-state index contributed by atoms with van der Waals surface area (Å²) in [5.41, 5.74) is 1.28. The standard InChI is InChI=1S/C18H25N3O4/c1-20(2)8-3-9-21-12-14(11-16(21)22)18(25)19-15-6-4-13(5-7-15)10-17(23)24/h4-7,14H,3,8-12H2,1-2H3,(H,19,25)(H,23,24). The van der Waals surface area contributed by atoms with Gasteiger partial charge in [-0.15, -0.1) is 0 Å². The molecule has 0 bridgehead atoms. The summed E-state index contributed by atoms with van der Waals surface area (Å²) in [6.07, 6.45) is 1.08. The number of benzene rings is 1. The van der Waals surface area contributed by atoms with E-state index in [4.69, 9.17) is 5.11 Å². The SMILES string of the molecule is CN(C)CCCN1CC(C(=O)Nc2ccc(CC(=O)O)cc2)CC1=O. The second kappa shape index (κ2) is 8.62. The van der Waals surface area contributed by atoms with Crippen molar-refractivity contribution in [1.29, 1.82) is 0 Å². The molecule has 7 heteroatoms.